The predicted molar refractivity (Wildman–Crippen MR) is 65.2 cm³/mol. The molecule has 0 aliphatic carbocycles. The number of aryl methyl sites for hydroxylation is 1. The SMILES string of the molecule is COC(=O)c1ccc(/C=C/C(C)N)cc1C. The monoisotopic (exact) mass is 219 g/mol. The fourth-order valence-electron chi connectivity index (χ4n) is 1.39. The molecule has 0 fully saturated rings. The van der Waals surface area contributed by atoms with Crippen LogP contribution in [0.3, 0.4) is 0 Å². The summed E-state index contributed by atoms with van der Waals surface area (Å²) in [6.07, 6.45) is 3.85. The van der Waals surface area contributed by atoms with Crippen LogP contribution in [-0.4, -0.2) is 19.1 Å². The molecule has 0 aliphatic rings. The molecule has 0 saturated heterocycles. The van der Waals surface area contributed by atoms with Gasteiger partial charge >= 0.3 is 5.97 Å². The number of hydrogen-bond donors (Lipinski definition) is 1. The normalized spacial score (nSPS) is 12.8. The Morgan fingerprint density at radius 3 is 2.69 bits per heavy atom. The zero-order valence-corrected chi connectivity index (χ0v) is 9.86. The molecule has 1 atom stereocenters. The summed E-state index contributed by atoms with van der Waals surface area (Å²) in [7, 11) is 1.38. The first-order valence-corrected chi connectivity index (χ1v) is 5.17. The smallest absolute Gasteiger partial charge is 0.338 e. The summed E-state index contributed by atoms with van der Waals surface area (Å²) >= 11 is 0. The Kier molecular flexibility index (Phi) is 4.26. The molecule has 3 nitrogen and oxygen atoms in total. The van der Waals surface area contributed by atoms with Gasteiger partial charge in [-0.1, -0.05) is 24.3 Å². The van der Waals surface area contributed by atoms with Gasteiger partial charge in [-0.15, -0.1) is 0 Å². The highest BCUT2D eigenvalue weighted by Crippen LogP contribution is 2.13. The largest absolute Gasteiger partial charge is 0.465 e. The maximum atomic E-state index is 11.4. The zero-order chi connectivity index (χ0) is 12.1. The van der Waals surface area contributed by atoms with Crippen LogP contribution in [0, 0.1) is 6.92 Å². The van der Waals surface area contributed by atoms with Crippen molar-refractivity contribution >= 4 is 12.0 Å². The first-order chi connectivity index (χ1) is 7.54. The van der Waals surface area contributed by atoms with Crippen molar-refractivity contribution in [1.29, 1.82) is 0 Å². The third-order valence-electron chi connectivity index (χ3n) is 2.25. The second kappa shape index (κ2) is 5.47. The number of carbonyl (C=O) groups is 1. The average molecular weight is 219 g/mol. The molecule has 0 saturated carbocycles. The third kappa shape index (κ3) is 3.21. The van der Waals surface area contributed by atoms with E-state index in [0.29, 0.717) is 5.56 Å². The van der Waals surface area contributed by atoms with Crippen LogP contribution in [-0.2, 0) is 4.74 Å². The van der Waals surface area contributed by atoms with E-state index in [0.717, 1.165) is 11.1 Å². The molecule has 3 heteroatoms. The van der Waals surface area contributed by atoms with Gasteiger partial charge in [-0.2, -0.15) is 0 Å². The van der Waals surface area contributed by atoms with Gasteiger partial charge in [0.05, 0.1) is 12.7 Å². The van der Waals surface area contributed by atoms with Crippen molar-refractivity contribution in [3.8, 4) is 0 Å². The van der Waals surface area contributed by atoms with Crippen LogP contribution in [0.5, 0.6) is 0 Å². The molecule has 16 heavy (non-hydrogen) atoms. The van der Waals surface area contributed by atoms with Crippen molar-refractivity contribution in [3.05, 3.63) is 41.0 Å². The standard InChI is InChI=1S/C13H17NO2/c1-9-8-11(5-4-10(2)14)6-7-12(9)13(15)16-3/h4-8,10H,14H2,1-3H3/b5-4+. The minimum absolute atomic E-state index is 0.0283. The number of hydrogen-bond acceptors (Lipinski definition) is 3. The summed E-state index contributed by atoms with van der Waals surface area (Å²) in [5.41, 5.74) is 8.15. The van der Waals surface area contributed by atoms with Crippen LogP contribution in [0.2, 0.25) is 0 Å². The molecule has 0 spiro atoms. The van der Waals surface area contributed by atoms with Crippen LogP contribution in [0.25, 0.3) is 6.08 Å². The second-order valence-corrected chi connectivity index (χ2v) is 3.78. The summed E-state index contributed by atoms with van der Waals surface area (Å²) in [6, 6.07) is 5.60. The molecule has 0 aromatic heterocycles. The van der Waals surface area contributed by atoms with Gasteiger partial charge in [-0.05, 0) is 31.0 Å². The van der Waals surface area contributed by atoms with E-state index in [4.69, 9.17) is 5.73 Å². The van der Waals surface area contributed by atoms with Crippen molar-refractivity contribution in [1.82, 2.24) is 0 Å². The Balaban J connectivity index is 2.95. The summed E-state index contributed by atoms with van der Waals surface area (Å²) in [5, 5.41) is 0. The molecule has 0 bridgehead atoms. The highest BCUT2D eigenvalue weighted by atomic mass is 16.5. The van der Waals surface area contributed by atoms with Gasteiger partial charge in [-0.3, -0.25) is 0 Å². The van der Waals surface area contributed by atoms with E-state index >= 15 is 0 Å². The lowest BCUT2D eigenvalue weighted by molar-refractivity contribution is 0.0600. The van der Waals surface area contributed by atoms with E-state index in [2.05, 4.69) is 4.74 Å². The van der Waals surface area contributed by atoms with Crippen molar-refractivity contribution in [2.75, 3.05) is 7.11 Å². The molecule has 1 unspecified atom stereocenters. The number of benzene rings is 1. The minimum atomic E-state index is -0.305. The van der Waals surface area contributed by atoms with Crippen molar-refractivity contribution in [2.45, 2.75) is 19.9 Å². The Bertz CT molecular complexity index is 408. The van der Waals surface area contributed by atoms with Gasteiger partial charge in [0.25, 0.3) is 0 Å². The summed E-state index contributed by atoms with van der Waals surface area (Å²) in [6.45, 7) is 3.79. The molecule has 0 heterocycles. The number of ether oxygens (including phenoxy) is 1. The van der Waals surface area contributed by atoms with E-state index in [9.17, 15) is 4.79 Å². The Morgan fingerprint density at radius 1 is 1.50 bits per heavy atom. The number of carbonyl (C=O) groups excluding carboxylic acids is 1. The van der Waals surface area contributed by atoms with Crippen LogP contribution in [0.15, 0.2) is 24.3 Å². The summed E-state index contributed by atoms with van der Waals surface area (Å²) < 4.78 is 4.68. The van der Waals surface area contributed by atoms with Crippen molar-refractivity contribution in [3.63, 3.8) is 0 Å². The maximum Gasteiger partial charge on any atom is 0.338 e. The van der Waals surface area contributed by atoms with Gasteiger partial charge in [0, 0.05) is 6.04 Å². The number of esters is 1. The van der Waals surface area contributed by atoms with Gasteiger partial charge < -0.3 is 10.5 Å². The van der Waals surface area contributed by atoms with E-state index < -0.39 is 0 Å². The van der Waals surface area contributed by atoms with E-state index in [-0.39, 0.29) is 12.0 Å². The van der Waals surface area contributed by atoms with Gasteiger partial charge in [0.15, 0.2) is 0 Å². The quantitative estimate of drug-likeness (QED) is 0.792. The molecule has 1 aromatic carbocycles. The highest BCUT2D eigenvalue weighted by Gasteiger charge is 2.08. The number of nitrogens with two attached hydrogens (primary N) is 1. The Hall–Kier alpha value is -1.61. The molecular weight excluding hydrogens is 202 g/mol. The number of rotatable bonds is 3. The van der Waals surface area contributed by atoms with Crippen molar-refractivity contribution in [2.24, 2.45) is 5.73 Å². The average Bonchev–Trinajstić information content (AvgIpc) is 2.25. The molecule has 0 radical (unpaired) electrons. The third-order valence-corrected chi connectivity index (χ3v) is 2.25. The molecule has 0 aliphatic heterocycles. The van der Waals surface area contributed by atoms with Crippen LogP contribution >= 0.6 is 0 Å². The molecular formula is C13H17NO2. The topological polar surface area (TPSA) is 52.3 Å². The van der Waals surface area contributed by atoms with Gasteiger partial charge in [-0.25, -0.2) is 4.79 Å². The van der Waals surface area contributed by atoms with Gasteiger partial charge in [0.2, 0.25) is 0 Å². The zero-order valence-electron chi connectivity index (χ0n) is 9.86. The Morgan fingerprint density at radius 2 is 2.19 bits per heavy atom. The lowest BCUT2D eigenvalue weighted by Gasteiger charge is -2.04. The first kappa shape index (κ1) is 12.5. The molecule has 1 aromatic rings. The second-order valence-electron chi connectivity index (χ2n) is 3.78. The predicted octanol–water partition coefficient (Wildman–Crippen LogP) is 2.14. The van der Waals surface area contributed by atoms with Gasteiger partial charge in [0.1, 0.15) is 0 Å². The van der Waals surface area contributed by atoms with Crippen LogP contribution < -0.4 is 5.73 Å². The van der Waals surface area contributed by atoms with E-state index in [1.165, 1.54) is 7.11 Å². The molecule has 86 valence electrons. The van der Waals surface area contributed by atoms with Crippen LogP contribution in [0.4, 0.5) is 0 Å². The highest BCUT2D eigenvalue weighted by molar-refractivity contribution is 5.91. The molecule has 1 rings (SSSR count). The van der Waals surface area contributed by atoms with Crippen molar-refractivity contribution < 1.29 is 9.53 Å². The fourth-order valence-corrected chi connectivity index (χ4v) is 1.39. The molecule has 2 N–H and O–H groups in total. The minimum Gasteiger partial charge on any atom is -0.465 e. The summed E-state index contributed by atoms with van der Waals surface area (Å²) in [4.78, 5) is 11.4. The fraction of sp³-hybridized carbons (Fsp3) is 0.308. The first-order valence-electron chi connectivity index (χ1n) is 5.17. The van der Waals surface area contributed by atoms with E-state index in [1.54, 1.807) is 6.07 Å². The van der Waals surface area contributed by atoms with Crippen LogP contribution in [0.1, 0.15) is 28.4 Å². The Labute approximate surface area is 95.9 Å². The maximum absolute atomic E-state index is 11.4. The van der Waals surface area contributed by atoms with E-state index in [1.807, 2.05) is 38.1 Å². The molecule has 0 amide bonds. The number of methoxy groups -OCH3 is 1. The lowest BCUT2D eigenvalue weighted by atomic mass is 10.0. The summed E-state index contributed by atoms with van der Waals surface area (Å²) in [5.74, 6) is -0.305. The lowest BCUT2D eigenvalue weighted by Crippen LogP contribution is -2.10.